The van der Waals surface area contributed by atoms with Gasteiger partial charge in [-0.25, -0.2) is 4.79 Å². The fraction of sp³-hybridized carbons (Fsp3) is 0.222. The molecule has 0 unspecified atom stereocenters. The highest BCUT2D eigenvalue weighted by Gasteiger charge is 2.18. The molecule has 0 aliphatic rings. The van der Waals surface area contributed by atoms with E-state index in [-0.39, 0.29) is 11.4 Å². The average Bonchev–Trinajstić information content (AvgIpc) is 3.10. The highest BCUT2D eigenvalue weighted by Crippen LogP contribution is 2.16. The molecule has 8 nitrogen and oxygen atoms in total. The topological polar surface area (TPSA) is 102 Å². The normalized spacial score (nSPS) is 10.7. The second kappa shape index (κ2) is 6.83. The number of carbonyl (C=O) groups excluding carboxylic acids is 1. The zero-order chi connectivity index (χ0) is 18.8. The van der Waals surface area contributed by atoms with E-state index < -0.39 is 11.9 Å². The van der Waals surface area contributed by atoms with Gasteiger partial charge >= 0.3 is 5.97 Å². The lowest BCUT2D eigenvalue weighted by Gasteiger charge is -2.07. The van der Waals surface area contributed by atoms with Gasteiger partial charge in [-0.05, 0) is 37.6 Å². The Morgan fingerprint density at radius 3 is 2.46 bits per heavy atom. The Morgan fingerprint density at radius 2 is 1.88 bits per heavy atom. The Labute approximate surface area is 150 Å². The quantitative estimate of drug-likeness (QED) is 0.732. The lowest BCUT2D eigenvalue weighted by atomic mass is 10.1. The predicted molar refractivity (Wildman–Crippen MR) is 95.4 cm³/mol. The van der Waals surface area contributed by atoms with Crippen molar-refractivity contribution in [1.29, 1.82) is 0 Å². The van der Waals surface area contributed by atoms with Gasteiger partial charge in [0.25, 0.3) is 5.91 Å². The summed E-state index contributed by atoms with van der Waals surface area (Å²) in [5, 5.41) is 20.1. The maximum Gasteiger partial charge on any atom is 0.356 e. The SMILES string of the molecule is Cc1cc(C)n(Cc2ccc(C(=O)Nc3cnn(C)c3C(=O)O)cc2)n1. The number of aryl methyl sites for hydroxylation is 3. The number of aromatic nitrogens is 4. The number of hydrogen-bond acceptors (Lipinski definition) is 4. The molecule has 8 heteroatoms. The number of amides is 1. The van der Waals surface area contributed by atoms with Crippen LogP contribution in [0.2, 0.25) is 0 Å². The summed E-state index contributed by atoms with van der Waals surface area (Å²) in [7, 11) is 1.51. The fourth-order valence-electron chi connectivity index (χ4n) is 2.75. The van der Waals surface area contributed by atoms with Gasteiger partial charge in [0.1, 0.15) is 0 Å². The van der Waals surface area contributed by atoms with Gasteiger partial charge in [0.05, 0.1) is 24.1 Å². The molecule has 0 bridgehead atoms. The van der Waals surface area contributed by atoms with Gasteiger partial charge in [0.15, 0.2) is 5.69 Å². The first kappa shape index (κ1) is 17.4. The Hall–Kier alpha value is -3.42. The van der Waals surface area contributed by atoms with Crippen molar-refractivity contribution >= 4 is 17.6 Å². The molecular weight excluding hydrogens is 334 g/mol. The van der Waals surface area contributed by atoms with Crippen LogP contribution in [0, 0.1) is 13.8 Å². The first-order valence-electron chi connectivity index (χ1n) is 8.02. The molecule has 3 rings (SSSR count). The fourth-order valence-corrected chi connectivity index (χ4v) is 2.75. The first-order chi connectivity index (χ1) is 12.3. The maximum absolute atomic E-state index is 12.4. The monoisotopic (exact) mass is 353 g/mol. The lowest BCUT2D eigenvalue weighted by Crippen LogP contribution is -2.15. The van der Waals surface area contributed by atoms with E-state index in [0.29, 0.717) is 12.1 Å². The molecule has 1 amide bonds. The van der Waals surface area contributed by atoms with E-state index >= 15 is 0 Å². The Kier molecular flexibility index (Phi) is 4.57. The van der Waals surface area contributed by atoms with Crippen LogP contribution in [0.15, 0.2) is 36.5 Å². The third-order valence-electron chi connectivity index (χ3n) is 4.04. The standard InChI is InChI=1S/C18H19N5O3/c1-11-8-12(2)23(21-11)10-13-4-6-14(7-5-13)17(24)20-15-9-19-22(3)16(15)18(25)26/h4-9H,10H2,1-3H3,(H,20,24)(H,25,26). The van der Waals surface area contributed by atoms with Gasteiger partial charge in [-0.3, -0.25) is 14.2 Å². The van der Waals surface area contributed by atoms with E-state index in [0.717, 1.165) is 17.0 Å². The molecule has 2 aromatic heterocycles. The van der Waals surface area contributed by atoms with Gasteiger partial charge in [-0.15, -0.1) is 0 Å². The Morgan fingerprint density at radius 1 is 1.19 bits per heavy atom. The number of nitrogens with one attached hydrogen (secondary N) is 1. The van der Waals surface area contributed by atoms with Gasteiger partial charge < -0.3 is 10.4 Å². The van der Waals surface area contributed by atoms with Crippen molar-refractivity contribution in [2.75, 3.05) is 5.32 Å². The number of nitrogens with zero attached hydrogens (tertiary/aromatic N) is 4. The summed E-state index contributed by atoms with van der Waals surface area (Å²) in [6, 6.07) is 9.12. The molecule has 3 aromatic rings. The molecule has 0 saturated carbocycles. The van der Waals surface area contributed by atoms with Crippen molar-refractivity contribution in [1.82, 2.24) is 19.6 Å². The molecule has 0 spiro atoms. The lowest BCUT2D eigenvalue weighted by molar-refractivity contribution is 0.0686. The molecule has 0 radical (unpaired) electrons. The van der Waals surface area contributed by atoms with Crippen LogP contribution in [-0.4, -0.2) is 36.5 Å². The number of carboxylic acid groups (broad SMARTS) is 1. The van der Waals surface area contributed by atoms with Crippen LogP contribution >= 0.6 is 0 Å². The largest absolute Gasteiger partial charge is 0.476 e. The number of aromatic carboxylic acids is 1. The van der Waals surface area contributed by atoms with E-state index in [1.54, 1.807) is 12.1 Å². The summed E-state index contributed by atoms with van der Waals surface area (Å²) < 4.78 is 3.11. The number of benzene rings is 1. The molecule has 0 aliphatic carbocycles. The zero-order valence-electron chi connectivity index (χ0n) is 14.7. The van der Waals surface area contributed by atoms with Gasteiger partial charge in [0, 0.05) is 18.3 Å². The van der Waals surface area contributed by atoms with Crippen LogP contribution in [0.3, 0.4) is 0 Å². The molecule has 134 valence electrons. The van der Waals surface area contributed by atoms with E-state index in [4.69, 9.17) is 0 Å². The van der Waals surface area contributed by atoms with Crippen LogP contribution < -0.4 is 5.32 Å². The highest BCUT2D eigenvalue weighted by atomic mass is 16.4. The van der Waals surface area contributed by atoms with E-state index in [1.807, 2.05) is 36.7 Å². The maximum atomic E-state index is 12.4. The second-order valence-corrected chi connectivity index (χ2v) is 6.07. The summed E-state index contributed by atoms with van der Waals surface area (Å²) >= 11 is 0. The molecular formula is C18H19N5O3. The first-order valence-corrected chi connectivity index (χ1v) is 8.02. The van der Waals surface area contributed by atoms with Crippen LogP contribution in [-0.2, 0) is 13.6 Å². The number of carbonyl (C=O) groups is 2. The van der Waals surface area contributed by atoms with Crippen molar-refractivity contribution in [2.24, 2.45) is 7.05 Å². The predicted octanol–water partition coefficient (Wildman–Crippen LogP) is 2.23. The zero-order valence-corrected chi connectivity index (χ0v) is 14.7. The van der Waals surface area contributed by atoms with Crippen molar-refractivity contribution in [2.45, 2.75) is 20.4 Å². The molecule has 0 atom stereocenters. The second-order valence-electron chi connectivity index (χ2n) is 6.07. The van der Waals surface area contributed by atoms with Gasteiger partial charge in [-0.1, -0.05) is 12.1 Å². The summed E-state index contributed by atoms with van der Waals surface area (Å²) in [5.41, 5.74) is 3.57. The molecule has 0 aliphatic heterocycles. The number of rotatable bonds is 5. The summed E-state index contributed by atoms with van der Waals surface area (Å²) in [4.78, 5) is 23.6. The molecule has 0 saturated heterocycles. The van der Waals surface area contributed by atoms with Gasteiger partial charge in [-0.2, -0.15) is 10.2 Å². The third-order valence-corrected chi connectivity index (χ3v) is 4.04. The van der Waals surface area contributed by atoms with Crippen LogP contribution in [0.4, 0.5) is 5.69 Å². The van der Waals surface area contributed by atoms with Crippen molar-refractivity contribution in [3.05, 3.63) is 64.7 Å². The van der Waals surface area contributed by atoms with E-state index in [2.05, 4.69) is 15.5 Å². The van der Waals surface area contributed by atoms with Crippen LogP contribution in [0.5, 0.6) is 0 Å². The Bertz CT molecular complexity index is 969. The number of anilines is 1. The summed E-state index contributed by atoms with van der Waals surface area (Å²) in [6.07, 6.45) is 1.32. The number of carboxylic acids is 1. The minimum Gasteiger partial charge on any atom is -0.476 e. The smallest absolute Gasteiger partial charge is 0.356 e. The minimum absolute atomic E-state index is 0.0699. The number of hydrogen-bond donors (Lipinski definition) is 2. The van der Waals surface area contributed by atoms with Crippen LogP contribution in [0.25, 0.3) is 0 Å². The van der Waals surface area contributed by atoms with Crippen LogP contribution in [0.1, 0.15) is 37.8 Å². The molecule has 2 heterocycles. The molecule has 26 heavy (non-hydrogen) atoms. The third kappa shape index (κ3) is 3.49. The average molecular weight is 353 g/mol. The molecule has 2 N–H and O–H groups in total. The summed E-state index contributed by atoms with van der Waals surface area (Å²) in [5.74, 6) is -1.54. The Balaban J connectivity index is 1.73. The highest BCUT2D eigenvalue weighted by molar-refractivity contribution is 6.07. The van der Waals surface area contributed by atoms with Crippen molar-refractivity contribution in [3.63, 3.8) is 0 Å². The van der Waals surface area contributed by atoms with Crippen molar-refractivity contribution < 1.29 is 14.7 Å². The molecule has 0 fully saturated rings. The molecule has 1 aromatic carbocycles. The van der Waals surface area contributed by atoms with E-state index in [1.165, 1.54) is 17.9 Å². The summed E-state index contributed by atoms with van der Waals surface area (Å²) in [6.45, 7) is 4.56. The minimum atomic E-state index is -1.15. The van der Waals surface area contributed by atoms with Gasteiger partial charge in [0.2, 0.25) is 0 Å². The van der Waals surface area contributed by atoms with E-state index in [9.17, 15) is 14.7 Å². The van der Waals surface area contributed by atoms with Crippen molar-refractivity contribution in [3.8, 4) is 0 Å².